The van der Waals surface area contributed by atoms with E-state index in [9.17, 15) is 9.90 Å². The molecule has 2 saturated heterocycles. The van der Waals surface area contributed by atoms with Gasteiger partial charge in [-0.1, -0.05) is 23.2 Å². The molecule has 1 amide bonds. The van der Waals surface area contributed by atoms with Gasteiger partial charge in [0.05, 0.1) is 42.7 Å². The van der Waals surface area contributed by atoms with E-state index in [1.165, 1.54) is 6.20 Å². The molecule has 0 radical (unpaired) electrons. The van der Waals surface area contributed by atoms with Crippen LogP contribution in [0.25, 0.3) is 10.8 Å². The van der Waals surface area contributed by atoms with Crippen LogP contribution < -0.4 is 5.32 Å². The molecule has 2 N–H and O–H groups in total. The molecule has 8 nitrogen and oxygen atoms in total. The number of anilines is 1. The molecule has 10 heteroatoms. The number of hydrogen-bond donors (Lipinski definition) is 2. The average molecular weight is 530 g/mol. The van der Waals surface area contributed by atoms with Gasteiger partial charge in [0, 0.05) is 16.6 Å². The number of piperidine rings is 1. The van der Waals surface area contributed by atoms with Gasteiger partial charge in [0.1, 0.15) is 11.0 Å². The number of amides is 1. The Kier molecular flexibility index (Phi) is 6.20. The van der Waals surface area contributed by atoms with E-state index >= 15 is 0 Å². The molecule has 3 fully saturated rings. The van der Waals surface area contributed by atoms with Crippen molar-refractivity contribution < 1.29 is 14.6 Å². The SMILES string of the molecule is C[C@@]1(N2CCC(c3cc4cc(NC(=O)c5cnn(C6CC6)c5Cl)ncc4cc3Cl)CC2)COC[C@@H]1O. The molecule has 0 spiro atoms. The van der Waals surface area contributed by atoms with Gasteiger partial charge >= 0.3 is 0 Å². The maximum atomic E-state index is 12.8. The van der Waals surface area contributed by atoms with Crippen LogP contribution in [0.4, 0.5) is 5.82 Å². The Labute approximate surface area is 219 Å². The van der Waals surface area contributed by atoms with Crippen molar-refractivity contribution in [1.29, 1.82) is 0 Å². The van der Waals surface area contributed by atoms with Gasteiger partial charge in [0.2, 0.25) is 0 Å². The van der Waals surface area contributed by atoms with Gasteiger partial charge in [-0.15, -0.1) is 0 Å². The third kappa shape index (κ3) is 4.29. The predicted molar refractivity (Wildman–Crippen MR) is 139 cm³/mol. The Balaban J connectivity index is 1.19. The van der Waals surface area contributed by atoms with Crippen molar-refractivity contribution in [2.75, 3.05) is 31.6 Å². The van der Waals surface area contributed by atoms with Crippen LogP contribution in [0.5, 0.6) is 0 Å². The quantitative estimate of drug-likeness (QED) is 0.499. The number of halogens is 2. The highest BCUT2D eigenvalue weighted by Gasteiger charge is 2.45. The van der Waals surface area contributed by atoms with E-state index in [0.29, 0.717) is 41.7 Å². The molecule has 3 aromatic rings. The minimum absolute atomic E-state index is 0.298. The Morgan fingerprint density at radius 1 is 1.14 bits per heavy atom. The molecule has 1 saturated carbocycles. The summed E-state index contributed by atoms with van der Waals surface area (Å²) in [5.41, 5.74) is 1.13. The number of nitrogens with one attached hydrogen (secondary N) is 1. The summed E-state index contributed by atoms with van der Waals surface area (Å²) < 4.78 is 7.24. The third-order valence-corrected chi connectivity index (χ3v) is 8.70. The number of pyridine rings is 1. The van der Waals surface area contributed by atoms with E-state index in [1.807, 2.05) is 12.1 Å². The highest BCUT2D eigenvalue weighted by Crippen LogP contribution is 2.39. The van der Waals surface area contributed by atoms with Gasteiger partial charge in [-0.2, -0.15) is 5.10 Å². The Hall–Kier alpha value is -2.23. The van der Waals surface area contributed by atoms with E-state index < -0.39 is 6.10 Å². The van der Waals surface area contributed by atoms with E-state index in [-0.39, 0.29) is 11.4 Å². The summed E-state index contributed by atoms with van der Waals surface area (Å²) in [6.07, 6.45) is 6.75. The standard InChI is InChI=1S/C26H29Cl2N5O3/c1-26(14-36-13-22(26)34)32-6-4-15(5-7-32)19-8-16-10-23(29-11-17(16)9-21(19)27)31-25(35)20-12-30-33(24(20)28)18-2-3-18/h8-12,15,18,22,34H,2-7,13-14H2,1H3,(H,29,31,35)/t22-,26+/m0/s1. The molecule has 1 aromatic carbocycles. The first-order valence-corrected chi connectivity index (χ1v) is 13.2. The number of hydrogen-bond acceptors (Lipinski definition) is 6. The number of nitrogens with zero attached hydrogens (tertiary/aromatic N) is 4. The zero-order chi connectivity index (χ0) is 25.0. The molecule has 2 atom stereocenters. The number of aliphatic hydroxyl groups excluding tert-OH is 1. The second-order valence-corrected chi connectivity index (χ2v) is 11.2. The minimum Gasteiger partial charge on any atom is -0.389 e. The van der Waals surface area contributed by atoms with Crippen molar-refractivity contribution in [3.63, 3.8) is 0 Å². The van der Waals surface area contributed by atoms with Gasteiger partial charge in [-0.3, -0.25) is 14.4 Å². The van der Waals surface area contributed by atoms with Gasteiger partial charge in [-0.05, 0) is 80.8 Å². The molecule has 1 aliphatic carbocycles. The largest absolute Gasteiger partial charge is 0.389 e. The number of fused-ring (bicyclic) bond motifs is 1. The smallest absolute Gasteiger partial charge is 0.261 e. The predicted octanol–water partition coefficient (Wildman–Crippen LogP) is 4.65. The topological polar surface area (TPSA) is 92.5 Å². The Morgan fingerprint density at radius 3 is 2.61 bits per heavy atom. The highest BCUT2D eigenvalue weighted by molar-refractivity contribution is 6.33. The first kappa shape index (κ1) is 24.1. The minimum atomic E-state index is -0.461. The summed E-state index contributed by atoms with van der Waals surface area (Å²) in [6.45, 7) is 4.80. The molecule has 6 rings (SSSR count). The zero-order valence-corrected chi connectivity index (χ0v) is 21.6. The second-order valence-electron chi connectivity index (χ2n) is 10.4. The lowest BCUT2D eigenvalue weighted by atomic mass is 9.85. The first-order valence-electron chi connectivity index (χ1n) is 12.5. The van der Waals surface area contributed by atoms with Crippen molar-refractivity contribution >= 4 is 45.7 Å². The molecule has 2 aromatic heterocycles. The summed E-state index contributed by atoms with van der Waals surface area (Å²) in [5.74, 6) is 0.445. The van der Waals surface area contributed by atoms with Gasteiger partial charge in [0.25, 0.3) is 5.91 Å². The van der Waals surface area contributed by atoms with E-state index in [4.69, 9.17) is 27.9 Å². The van der Waals surface area contributed by atoms with Crippen LogP contribution in [-0.2, 0) is 4.74 Å². The number of rotatable bonds is 5. The third-order valence-electron chi connectivity index (χ3n) is 8.00. The fraction of sp³-hybridized carbons (Fsp3) is 0.500. The summed E-state index contributed by atoms with van der Waals surface area (Å²) in [4.78, 5) is 19.6. The van der Waals surface area contributed by atoms with Crippen LogP contribution in [0.2, 0.25) is 10.2 Å². The number of likely N-dealkylation sites (tertiary alicyclic amines) is 1. The van der Waals surface area contributed by atoms with Crippen LogP contribution in [0.1, 0.15) is 60.5 Å². The first-order chi connectivity index (χ1) is 17.3. The average Bonchev–Trinajstić information content (AvgIpc) is 3.55. The Bertz CT molecular complexity index is 1320. The zero-order valence-electron chi connectivity index (χ0n) is 20.1. The van der Waals surface area contributed by atoms with E-state index in [1.54, 1.807) is 10.9 Å². The summed E-state index contributed by atoms with van der Waals surface area (Å²) in [7, 11) is 0. The fourth-order valence-electron chi connectivity index (χ4n) is 5.48. The van der Waals surface area contributed by atoms with Gasteiger partial charge < -0.3 is 15.2 Å². The molecule has 3 aliphatic rings. The lowest BCUT2D eigenvalue weighted by molar-refractivity contribution is -0.00211. The number of carbonyl (C=O) groups is 1. The number of carbonyl (C=O) groups excluding carboxylic acids is 1. The van der Waals surface area contributed by atoms with Crippen LogP contribution >= 0.6 is 23.2 Å². The fourth-order valence-corrected chi connectivity index (χ4v) is 6.12. The maximum absolute atomic E-state index is 12.8. The van der Waals surface area contributed by atoms with Gasteiger partial charge in [-0.25, -0.2) is 4.98 Å². The van der Waals surface area contributed by atoms with Crippen molar-refractivity contribution in [3.05, 3.63) is 51.9 Å². The number of aliphatic hydroxyl groups is 1. The second kappa shape index (κ2) is 9.26. The van der Waals surface area contributed by atoms with Crippen LogP contribution in [0, 0.1) is 0 Å². The van der Waals surface area contributed by atoms with Crippen molar-refractivity contribution in [2.24, 2.45) is 0 Å². The summed E-state index contributed by atoms with van der Waals surface area (Å²) in [5, 5.41) is 20.5. The summed E-state index contributed by atoms with van der Waals surface area (Å²) >= 11 is 13.1. The molecular weight excluding hydrogens is 501 g/mol. The lowest BCUT2D eigenvalue weighted by Crippen LogP contribution is -2.56. The van der Waals surface area contributed by atoms with Crippen molar-refractivity contribution in [2.45, 2.75) is 56.2 Å². The van der Waals surface area contributed by atoms with Gasteiger partial charge in [0.15, 0.2) is 0 Å². The molecule has 36 heavy (non-hydrogen) atoms. The van der Waals surface area contributed by atoms with Crippen LogP contribution in [-0.4, -0.2) is 68.6 Å². The summed E-state index contributed by atoms with van der Waals surface area (Å²) in [6, 6.07) is 6.23. The van der Waals surface area contributed by atoms with Crippen molar-refractivity contribution in [1.82, 2.24) is 19.7 Å². The number of ether oxygens (including phenoxy) is 1. The van der Waals surface area contributed by atoms with E-state index in [2.05, 4.69) is 33.3 Å². The molecule has 2 aliphatic heterocycles. The molecule has 0 bridgehead atoms. The number of benzene rings is 1. The normalized spacial score (nSPS) is 25.5. The van der Waals surface area contributed by atoms with E-state index in [0.717, 1.165) is 60.1 Å². The Morgan fingerprint density at radius 2 is 1.92 bits per heavy atom. The van der Waals surface area contributed by atoms with Crippen molar-refractivity contribution in [3.8, 4) is 0 Å². The number of aromatic nitrogens is 3. The van der Waals surface area contributed by atoms with Crippen LogP contribution in [0.3, 0.4) is 0 Å². The molecule has 190 valence electrons. The monoisotopic (exact) mass is 529 g/mol. The molecule has 0 unspecified atom stereocenters. The highest BCUT2D eigenvalue weighted by atomic mass is 35.5. The maximum Gasteiger partial charge on any atom is 0.261 e. The lowest BCUT2D eigenvalue weighted by Gasteiger charge is -2.43. The van der Waals surface area contributed by atoms with Crippen LogP contribution in [0.15, 0.2) is 30.6 Å². The molecule has 4 heterocycles. The molecular formula is C26H29Cl2N5O3.